The van der Waals surface area contributed by atoms with Crippen molar-refractivity contribution in [1.29, 1.82) is 0 Å². The van der Waals surface area contributed by atoms with Crippen molar-refractivity contribution in [3.8, 4) is 0 Å². The number of nitrogens with one attached hydrogen (secondary N) is 4. The van der Waals surface area contributed by atoms with Crippen molar-refractivity contribution < 1.29 is 71.5 Å². The van der Waals surface area contributed by atoms with Gasteiger partial charge in [-0.1, -0.05) is 77.0 Å². The van der Waals surface area contributed by atoms with Crippen molar-refractivity contribution in [3.05, 3.63) is 0 Å². The summed E-state index contributed by atoms with van der Waals surface area (Å²) in [6, 6.07) is -0.744. The number of esters is 3. The third kappa shape index (κ3) is 51.6. The van der Waals surface area contributed by atoms with E-state index in [0.717, 1.165) is 38.5 Å². The van der Waals surface area contributed by atoms with E-state index in [9.17, 15) is 33.6 Å². The number of unbranched alkanes of at least 4 members (excludes halogenated alkanes) is 14. The van der Waals surface area contributed by atoms with E-state index < -0.39 is 34.8 Å². The first-order valence-electron chi connectivity index (χ1n) is 27.7. The fourth-order valence-corrected chi connectivity index (χ4v) is 7.11. The summed E-state index contributed by atoms with van der Waals surface area (Å²) in [5.41, 5.74) is -1.67. The molecule has 4 N–H and O–H groups in total. The lowest BCUT2D eigenvalue weighted by Crippen LogP contribution is -2.44. The number of hydrogen-bond donors (Lipinski definition) is 4. The van der Waals surface area contributed by atoms with Gasteiger partial charge in [-0.05, 0) is 94.4 Å². The fourth-order valence-electron chi connectivity index (χ4n) is 7.11. The maximum atomic E-state index is 13.0. The van der Waals surface area contributed by atoms with E-state index >= 15 is 0 Å². The van der Waals surface area contributed by atoms with Crippen molar-refractivity contribution in [2.24, 2.45) is 0 Å². The molecule has 0 heterocycles. The molecule has 0 aliphatic rings. The number of rotatable bonds is 47. The van der Waals surface area contributed by atoms with Crippen molar-refractivity contribution in [2.75, 3.05) is 85.7 Å². The highest BCUT2D eigenvalue weighted by atomic mass is 16.6. The Kier molecular flexibility index (Phi) is 41.9. The Morgan fingerprint density at radius 2 is 0.703 bits per heavy atom. The van der Waals surface area contributed by atoms with Gasteiger partial charge in [-0.15, -0.1) is 0 Å². The van der Waals surface area contributed by atoms with Crippen molar-refractivity contribution in [2.45, 2.75) is 226 Å². The van der Waals surface area contributed by atoms with Crippen LogP contribution in [0.3, 0.4) is 0 Å². The van der Waals surface area contributed by atoms with Crippen molar-refractivity contribution >= 4 is 41.5 Å². The number of ether oxygens (including phenoxy) is 8. The molecule has 0 saturated carbocycles. The van der Waals surface area contributed by atoms with Crippen LogP contribution in [0, 0.1) is 0 Å². The Labute approximate surface area is 445 Å². The highest BCUT2D eigenvalue weighted by Gasteiger charge is 2.26. The average Bonchev–Trinajstić information content (AvgIpc) is 3.29. The fraction of sp³-hybridized carbons (Fsp3) is 0.873. The van der Waals surface area contributed by atoms with Crippen LogP contribution in [0.15, 0.2) is 0 Å². The predicted octanol–water partition coefficient (Wildman–Crippen LogP) is 7.51. The number of amides is 4. The zero-order valence-electron chi connectivity index (χ0n) is 47.4. The standard InChI is InChI=1S/C55H102N4O15/c1-53(2,3)72-50(64)28-23-21-19-17-15-13-11-10-12-14-16-18-20-22-27-49(63)59-45(52(66)74-55(7,8)9)26-24-25-32-56-46(60)29-35-67-40-42-69-38-33-57-47(61)30-36-68-41-43-70-39-34-58-48(62)31-37-71-44-51(65)73-54(4,5)6/h45H,10-44H2,1-9H3,(H,56,60)(H,57,61)(H,58,62)(H,59,63)/t45-/m0/s1. The smallest absolute Gasteiger partial charge is 0.332 e. The number of carbonyl (C=O) groups excluding carboxylic acids is 7. The van der Waals surface area contributed by atoms with Crippen LogP contribution in [-0.2, 0) is 71.5 Å². The second kappa shape index (κ2) is 44.2. The third-order valence-electron chi connectivity index (χ3n) is 10.7. The van der Waals surface area contributed by atoms with Crippen molar-refractivity contribution in [1.82, 2.24) is 21.3 Å². The minimum Gasteiger partial charge on any atom is -0.460 e. The molecule has 0 aliphatic heterocycles. The van der Waals surface area contributed by atoms with E-state index in [4.69, 9.17) is 37.9 Å². The summed E-state index contributed by atoms with van der Waals surface area (Å²) in [6.45, 7) is 19.7. The van der Waals surface area contributed by atoms with E-state index in [1.807, 2.05) is 20.8 Å². The van der Waals surface area contributed by atoms with Gasteiger partial charge < -0.3 is 59.2 Å². The molecule has 0 aromatic heterocycles. The second-order valence-corrected chi connectivity index (χ2v) is 21.6. The molecule has 0 radical (unpaired) electrons. The number of carbonyl (C=O) groups is 7. The van der Waals surface area contributed by atoms with Gasteiger partial charge in [0.25, 0.3) is 0 Å². The molecule has 0 aliphatic carbocycles. The molecule has 0 spiro atoms. The Balaban J connectivity index is 3.86. The maximum absolute atomic E-state index is 13.0. The quantitative estimate of drug-likeness (QED) is 0.0262. The molecular weight excluding hydrogens is 957 g/mol. The van der Waals surface area contributed by atoms with Gasteiger partial charge in [0, 0.05) is 51.7 Å². The van der Waals surface area contributed by atoms with Gasteiger partial charge in [-0.3, -0.25) is 24.0 Å². The molecular formula is C55H102N4O15. The van der Waals surface area contributed by atoms with Gasteiger partial charge in [0.1, 0.15) is 29.5 Å². The highest BCUT2D eigenvalue weighted by molar-refractivity contribution is 5.84. The highest BCUT2D eigenvalue weighted by Crippen LogP contribution is 2.16. The topological polar surface area (TPSA) is 241 Å². The molecule has 4 amide bonds. The molecule has 1 atom stereocenters. The average molecular weight is 1060 g/mol. The third-order valence-corrected chi connectivity index (χ3v) is 10.7. The SMILES string of the molecule is CC(C)(C)OC(=O)CCCCCCCCCCCCCCCCC(=O)N[C@@H](CCCCNC(=O)CCOCCOCCNC(=O)CCOCCOCCNC(=O)CCOCC(=O)OC(C)(C)C)C(=O)OC(C)(C)C. The lowest BCUT2D eigenvalue weighted by molar-refractivity contribution is -0.161. The molecule has 0 bridgehead atoms. The molecule has 0 rings (SSSR count). The molecule has 0 fully saturated rings. The number of hydrogen-bond acceptors (Lipinski definition) is 15. The van der Waals surface area contributed by atoms with Gasteiger partial charge >= 0.3 is 17.9 Å². The van der Waals surface area contributed by atoms with Crippen LogP contribution in [0.4, 0.5) is 0 Å². The van der Waals surface area contributed by atoms with Gasteiger partial charge in [-0.25, -0.2) is 9.59 Å². The minimum atomic E-state index is -0.744. The summed E-state index contributed by atoms with van der Waals surface area (Å²) in [4.78, 5) is 85.4. The van der Waals surface area contributed by atoms with Crippen molar-refractivity contribution in [3.63, 3.8) is 0 Å². The zero-order chi connectivity index (χ0) is 55.4. The van der Waals surface area contributed by atoms with Crippen LogP contribution in [0.1, 0.15) is 204 Å². The summed E-state index contributed by atoms with van der Waals surface area (Å²) in [6.07, 6.45) is 18.9. The van der Waals surface area contributed by atoms with E-state index in [1.165, 1.54) is 51.4 Å². The van der Waals surface area contributed by atoms with E-state index in [-0.39, 0.29) is 75.3 Å². The molecule has 0 aromatic carbocycles. The molecule has 0 saturated heterocycles. The summed E-state index contributed by atoms with van der Waals surface area (Å²) < 4.78 is 43.1. The lowest BCUT2D eigenvalue weighted by Gasteiger charge is -2.24. The van der Waals surface area contributed by atoms with Crippen LogP contribution in [0.25, 0.3) is 0 Å². The van der Waals surface area contributed by atoms with Gasteiger partial charge in [-0.2, -0.15) is 0 Å². The first-order chi connectivity index (χ1) is 35.1. The van der Waals surface area contributed by atoms with Crippen LogP contribution in [-0.4, -0.2) is 150 Å². The second-order valence-electron chi connectivity index (χ2n) is 21.6. The Morgan fingerprint density at radius 3 is 1.14 bits per heavy atom. The van der Waals surface area contributed by atoms with Crippen LogP contribution in [0.5, 0.6) is 0 Å². The van der Waals surface area contributed by atoms with E-state index in [0.29, 0.717) is 91.4 Å². The van der Waals surface area contributed by atoms with Crippen LogP contribution < -0.4 is 21.3 Å². The molecule has 0 unspecified atom stereocenters. The Morgan fingerprint density at radius 1 is 0.338 bits per heavy atom. The monoisotopic (exact) mass is 1060 g/mol. The maximum Gasteiger partial charge on any atom is 0.332 e. The van der Waals surface area contributed by atoms with Crippen LogP contribution in [0.2, 0.25) is 0 Å². The Hall–Kier alpha value is -3.91. The largest absolute Gasteiger partial charge is 0.460 e. The summed E-state index contributed by atoms with van der Waals surface area (Å²) in [7, 11) is 0. The van der Waals surface area contributed by atoms with Gasteiger partial charge in [0.2, 0.25) is 23.6 Å². The minimum absolute atomic E-state index is 0.0979. The van der Waals surface area contributed by atoms with E-state index in [1.54, 1.807) is 41.5 Å². The molecule has 19 heteroatoms. The molecule has 19 nitrogen and oxygen atoms in total. The van der Waals surface area contributed by atoms with Gasteiger partial charge in [0.05, 0.1) is 59.5 Å². The molecule has 0 aromatic rings. The lowest BCUT2D eigenvalue weighted by atomic mass is 10.0. The van der Waals surface area contributed by atoms with Gasteiger partial charge in [0.15, 0.2) is 0 Å². The zero-order valence-corrected chi connectivity index (χ0v) is 47.4. The normalized spacial score (nSPS) is 12.2. The first kappa shape index (κ1) is 70.1. The summed E-state index contributed by atoms with van der Waals surface area (Å²) in [5, 5.41) is 11.2. The van der Waals surface area contributed by atoms with E-state index in [2.05, 4.69) is 21.3 Å². The Bertz CT molecular complexity index is 1510. The molecule has 432 valence electrons. The van der Waals surface area contributed by atoms with Crippen LogP contribution >= 0.6 is 0 Å². The summed E-state index contributed by atoms with van der Waals surface area (Å²) in [5.74, 6) is -1.70. The summed E-state index contributed by atoms with van der Waals surface area (Å²) >= 11 is 0. The molecule has 74 heavy (non-hydrogen) atoms. The first-order valence-corrected chi connectivity index (χ1v) is 27.7. The predicted molar refractivity (Wildman–Crippen MR) is 284 cm³/mol.